The van der Waals surface area contributed by atoms with E-state index in [1.54, 1.807) is 31.2 Å². The number of rotatable bonds is 6. The van der Waals surface area contributed by atoms with E-state index in [1.807, 2.05) is 6.07 Å². The lowest BCUT2D eigenvalue weighted by Crippen LogP contribution is -2.44. The van der Waals surface area contributed by atoms with E-state index >= 15 is 0 Å². The molecule has 1 aliphatic heterocycles. The first kappa shape index (κ1) is 19.6. The van der Waals surface area contributed by atoms with Crippen LogP contribution in [0.25, 0.3) is 0 Å². The van der Waals surface area contributed by atoms with E-state index in [0.717, 1.165) is 0 Å². The van der Waals surface area contributed by atoms with E-state index in [1.165, 1.54) is 11.3 Å². The van der Waals surface area contributed by atoms with Crippen LogP contribution in [0.3, 0.4) is 0 Å². The fourth-order valence-electron chi connectivity index (χ4n) is 2.74. The summed E-state index contributed by atoms with van der Waals surface area (Å²) in [5.41, 5.74) is 5.70. The molecule has 1 aliphatic rings. The van der Waals surface area contributed by atoms with Gasteiger partial charge in [0.1, 0.15) is 0 Å². The predicted octanol–water partition coefficient (Wildman–Crippen LogP) is 0.692. The predicted molar refractivity (Wildman–Crippen MR) is 95.8 cm³/mol. The standard InChI is InChI=1S/C19H24N3O4/c1-13(18(20)25)9-10-17(24)21-15-8-5-11-22(12-16(15)23)19(26)14-6-3-2-4-7-14/h2-4,6-7,10,13,15H,5,8-9,11-12H2,1H3,(H2,20,25)(H,21,24)/t13?,15-/m0/s1. The second-order valence-electron chi connectivity index (χ2n) is 6.51. The molecule has 0 bridgehead atoms. The number of hydrogen-bond donors (Lipinski definition) is 2. The monoisotopic (exact) mass is 358 g/mol. The maximum Gasteiger partial charge on any atom is 0.254 e. The summed E-state index contributed by atoms with van der Waals surface area (Å²) in [4.78, 5) is 49.4. The minimum absolute atomic E-state index is 0.0314. The molecule has 1 aromatic rings. The van der Waals surface area contributed by atoms with Gasteiger partial charge in [-0.05, 0) is 31.4 Å². The fraction of sp³-hybridized carbons (Fsp3) is 0.421. The molecule has 2 rings (SSSR count). The number of carbonyl (C=O) groups excluding carboxylic acids is 4. The van der Waals surface area contributed by atoms with Gasteiger partial charge in [-0.15, -0.1) is 0 Å². The first-order chi connectivity index (χ1) is 12.4. The molecule has 1 saturated heterocycles. The molecule has 139 valence electrons. The zero-order valence-electron chi connectivity index (χ0n) is 14.8. The number of carbonyl (C=O) groups is 4. The van der Waals surface area contributed by atoms with E-state index in [4.69, 9.17) is 5.73 Å². The van der Waals surface area contributed by atoms with Crippen molar-refractivity contribution < 1.29 is 19.2 Å². The van der Waals surface area contributed by atoms with Crippen LogP contribution in [0.4, 0.5) is 0 Å². The van der Waals surface area contributed by atoms with Crippen LogP contribution >= 0.6 is 0 Å². The topological polar surface area (TPSA) is 110 Å². The highest BCUT2D eigenvalue weighted by atomic mass is 16.2. The van der Waals surface area contributed by atoms with Crippen molar-refractivity contribution in [2.45, 2.75) is 32.2 Å². The van der Waals surface area contributed by atoms with Gasteiger partial charge >= 0.3 is 0 Å². The van der Waals surface area contributed by atoms with Crippen molar-refractivity contribution in [3.8, 4) is 0 Å². The summed E-state index contributed by atoms with van der Waals surface area (Å²) in [5, 5.41) is 2.67. The van der Waals surface area contributed by atoms with Crippen molar-refractivity contribution in [3.05, 3.63) is 42.3 Å². The Morgan fingerprint density at radius 1 is 1.31 bits per heavy atom. The summed E-state index contributed by atoms with van der Waals surface area (Å²) in [6.07, 6.45) is 2.65. The lowest BCUT2D eigenvalue weighted by molar-refractivity contribution is -0.126. The molecule has 1 unspecified atom stereocenters. The smallest absolute Gasteiger partial charge is 0.254 e. The molecule has 26 heavy (non-hydrogen) atoms. The number of Topliss-reactive ketones (excluding diaryl/α,β-unsaturated/α-hetero) is 1. The lowest BCUT2D eigenvalue weighted by Gasteiger charge is -2.20. The molecular formula is C19H24N3O4. The molecule has 0 spiro atoms. The zero-order valence-corrected chi connectivity index (χ0v) is 14.8. The second kappa shape index (κ2) is 9.12. The number of nitrogens with one attached hydrogen (secondary N) is 1. The summed E-state index contributed by atoms with van der Waals surface area (Å²) in [5.74, 6) is -1.71. The normalized spacial score (nSPS) is 18.7. The molecule has 1 aromatic carbocycles. The molecule has 1 radical (unpaired) electrons. The summed E-state index contributed by atoms with van der Waals surface area (Å²) in [6.45, 7) is 2.07. The van der Waals surface area contributed by atoms with Crippen molar-refractivity contribution in [2.75, 3.05) is 13.1 Å². The number of nitrogens with two attached hydrogens (primary N) is 1. The van der Waals surface area contributed by atoms with Crippen molar-refractivity contribution in [2.24, 2.45) is 11.7 Å². The molecule has 0 aliphatic carbocycles. The van der Waals surface area contributed by atoms with Gasteiger partial charge in [-0.25, -0.2) is 0 Å². The SMILES string of the molecule is CC(C[CH]C(=O)N[C@H]1CCCN(C(=O)c2ccccc2)CC1=O)C(N)=O. The van der Waals surface area contributed by atoms with Crippen LogP contribution in [0.1, 0.15) is 36.5 Å². The van der Waals surface area contributed by atoms with E-state index in [-0.39, 0.29) is 24.7 Å². The highest BCUT2D eigenvalue weighted by molar-refractivity contribution is 5.99. The van der Waals surface area contributed by atoms with Crippen LogP contribution in [0, 0.1) is 12.3 Å². The average molecular weight is 358 g/mol. The Hall–Kier alpha value is -2.70. The third-order valence-electron chi connectivity index (χ3n) is 4.42. The number of benzene rings is 1. The van der Waals surface area contributed by atoms with Gasteiger partial charge in [-0.3, -0.25) is 19.2 Å². The number of likely N-dealkylation sites (tertiary alicyclic amines) is 1. The Kier molecular flexibility index (Phi) is 6.89. The molecule has 1 fully saturated rings. The van der Waals surface area contributed by atoms with Gasteiger partial charge in [0.2, 0.25) is 11.8 Å². The van der Waals surface area contributed by atoms with Crippen LogP contribution in [-0.2, 0) is 14.4 Å². The van der Waals surface area contributed by atoms with Crippen LogP contribution in [0.15, 0.2) is 30.3 Å². The van der Waals surface area contributed by atoms with Gasteiger partial charge < -0.3 is 16.0 Å². The Labute approximate surface area is 152 Å². The van der Waals surface area contributed by atoms with Crippen molar-refractivity contribution in [1.29, 1.82) is 0 Å². The Balaban J connectivity index is 1.90. The third-order valence-corrected chi connectivity index (χ3v) is 4.42. The van der Waals surface area contributed by atoms with Gasteiger partial charge in [0, 0.05) is 18.0 Å². The first-order valence-electron chi connectivity index (χ1n) is 8.68. The van der Waals surface area contributed by atoms with Crippen LogP contribution < -0.4 is 11.1 Å². The van der Waals surface area contributed by atoms with Gasteiger partial charge in [0.25, 0.3) is 5.91 Å². The van der Waals surface area contributed by atoms with Crippen LogP contribution in [0.5, 0.6) is 0 Å². The van der Waals surface area contributed by atoms with Crippen LogP contribution in [-0.4, -0.2) is 47.5 Å². The summed E-state index contributed by atoms with van der Waals surface area (Å²) >= 11 is 0. The van der Waals surface area contributed by atoms with Gasteiger partial charge in [0.05, 0.1) is 19.0 Å². The molecule has 1 heterocycles. The molecule has 0 saturated carbocycles. The van der Waals surface area contributed by atoms with E-state index < -0.39 is 23.8 Å². The number of amides is 3. The highest BCUT2D eigenvalue weighted by Crippen LogP contribution is 2.13. The van der Waals surface area contributed by atoms with Crippen molar-refractivity contribution in [3.63, 3.8) is 0 Å². The maximum atomic E-state index is 12.5. The second-order valence-corrected chi connectivity index (χ2v) is 6.51. The Morgan fingerprint density at radius 3 is 2.65 bits per heavy atom. The summed E-state index contributed by atoms with van der Waals surface area (Å²) < 4.78 is 0. The third kappa shape index (κ3) is 5.40. The molecule has 7 nitrogen and oxygen atoms in total. The molecular weight excluding hydrogens is 334 g/mol. The molecule has 3 amide bonds. The highest BCUT2D eigenvalue weighted by Gasteiger charge is 2.28. The van der Waals surface area contributed by atoms with Crippen molar-refractivity contribution in [1.82, 2.24) is 10.2 Å². The van der Waals surface area contributed by atoms with E-state index in [2.05, 4.69) is 5.32 Å². The molecule has 0 aromatic heterocycles. The Morgan fingerprint density at radius 2 is 2.00 bits per heavy atom. The maximum absolute atomic E-state index is 12.5. The average Bonchev–Trinajstić information content (AvgIpc) is 2.81. The number of primary amides is 1. The lowest BCUT2D eigenvalue weighted by atomic mass is 10.0. The fourth-order valence-corrected chi connectivity index (χ4v) is 2.74. The van der Waals surface area contributed by atoms with Gasteiger partial charge in [-0.2, -0.15) is 0 Å². The van der Waals surface area contributed by atoms with Crippen LogP contribution in [0.2, 0.25) is 0 Å². The minimum Gasteiger partial charge on any atom is -0.369 e. The molecule has 3 N–H and O–H groups in total. The minimum atomic E-state index is -0.629. The largest absolute Gasteiger partial charge is 0.369 e. The first-order valence-corrected chi connectivity index (χ1v) is 8.68. The van der Waals surface area contributed by atoms with Gasteiger partial charge in [0.15, 0.2) is 5.78 Å². The zero-order chi connectivity index (χ0) is 19.1. The summed E-state index contributed by atoms with van der Waals surface area (Å²) in [7, 11) is 0. The van der Waals surface area contributed by atoms with E-state index in [9.17, 15) is 19.2 Å². The molecule has 7 heteroatoms. The number of nitrogens with zero attached hydrogens (tertiary/aromatic N) is 1. The number of ketones is 1. The van der Waals surface area contributed by atoms with Crippen molar-refractivity contribution >= 4 is 23.5 Å². The van der Waals surface area contributed by atoms with E-state index in [0.29, 0.717) is 24.9 Å². The summed E-state index contributed by atoms with van der Waals surface area (Å²) in [6, 6.07) is 8.18. The molecule has 2 atom stereocenters. The quantitative estimate of drug-likeness (QED) is 0.780. The van der Waals surface area contributed by atoms with Gasteiger partial charge in [-0.1, -0.05) is 25.1 Å². The Bertz CT molecular complexity index is 675. The number of hydrogen-bond acceptors (Lipinski definition) is 4.